The lowest BCUT2D eigenvalue weighted by atomic mass is 10.2. The summed E-state index contributed by atoms with van der Waals surface area (Å²) >= 11 is 4.86. The van der Waals surface area contributed by atoms with Gasteiger partial charge in [0, 0.05) is 19.0 Å². The van der Waals surface area contributed by atoms with Crippen LogP contribution in [0.25, 0.3) is 0 Å². The van der Waals surface area contributed by atoms with Crippen molar-refractivity contribution < 1.29 is 9.53 Å². The molecule has 0 aromatic carbocycles. The van der Waals surface area contributed by atoms with Gasteiger partial charge in [0.25, 0.3) is 0 Å². The number of esters is 1. The van der Waals surface area contributed by atoms with Crippen molar-refractivity contribution in [3.63, 3.8) is 0 Å². The Morgan fingerprint density at radius 1 is 1.53 bits per heavy atom. The maximum atomic E-state index is 10.9. The molecule has 2 N–H and O–H groups in total. The Morgan fingerprint density at radius 3 is 2.53 bits per heavy atom. The zero-order valence-electron chi connectivity index (χ0n) is 9.66. The minimum Gasteiger partial charge on any atom is -0.469 e. The number of hydrogen-bond donors (Lipinski definition) is 1. The first kappa shape index (κ1) is 14.3. The van der Waals surface area contributed by atoms with Crippen LogP contribution in [0.15, 0.2) is 0 Å². The summed E-state index contributed by atoms with van der Waals surface area (Å²) in [4.78, 5) is 13.5. The van der Waals surface area contributed by atoms with Crippen molar-refractivity contribution in [2.75, 3.05) is 20.2 Å². The van der Waals surface area contributed by atoms with Gasteiger partial charge in [-0.25, -0.2) is 0 Å². The summed E-state index contributed by atoms with van der Waals surface area (Å²) < 4.78 is 4.57. The molecule has 0 heterocycles. The molecule has 4 nitrogen and oxygen atoms in total. The second-order valence-electron chi connectivity index (χ2n) is 3.71. The maximum Gasteiger partial charge on any atom is 0.305 e. The first-order valence-electron chi connectivity index (χ1n) is 5.06. The Morgan fingerprint density at radius 2 is 2.13 bits per heavy atom. The topological polar surface area (TPSA) is 55.6 Å². The van der Waals surface area contributed by atoms with Crippen LogP contribution in [0.3, 0.4) is 0 Å². The van der Waals surface area contributed by atoms with E-state index in [0.717, 1.165) is 13.0 Å². The molecule has 0 saturated heterocycles. The van der Waals surface area contributed by atoms with Gasteiger partial charge in [0.2, 0.25) is 0 Å². The Bertz CT molecular complexity index is 219. The highest BCUT2D eigenvalue weighted by molar-refractivity contribution is 7.80. The van der Waals surface area contributed by atoms with Crippen molar-refractivity contribution in [3.05, 3.63) is 0 Å². The van der Waals surface area contributed by atoms with E-state index in [4.69, 9.17) is 18.0 Å². The molecule has 15 heavy (non-hydrogen) atoms. The second-order valence-corrected chi connectivity index (χ2v) is 4.23. The molecule has 0 amide bonds. The number of nitrogens with two attached hydrogens (primary N) is 1. The molecule has 0 aliphatic rings. The monoisotopic (exact) mass is 232 g/mol. The van der Waals surface area contributed by atoms with Gasteiger partial charge in [0.15, 0.2) is 0 Å². The molecule has 0 rings (SSSR count). The summed E-state index contributed by atoms with van der Waals surface area (Å²) in [7, 11) is 1.40. The van der Waals surface area contributed by atoms with E-state index in [1.54, 1.807) is 0 Å². The molecule has 0 fully saturated rings. The van der Waals surface area contributed by atoms with Crippen molar-refractivity contribution in [1.82, 2.24) is 4.90 Å². The van der Waals surface area contributed by atoms with Gasteiger partial charge in [-0.3, -0.25) is 9.69 Å². The van der Waals surface area contributed by atoms with E-state index in [0.29, 0.717) is 24.0 Å². The van der Waals surface area contributed by atoms with Crippen LogP contribution in [0.4, 0.5) is 0 Å². The molecule has 88 valence electrons. The highest BCUT2D eigenvalue weighted by Crippen LogP contribution is 2.02. The zero-order chi connectivity index (χ0) is 11.8. The molecule has 0 radical (unpaired) electrons. The van der Waals surface area contributed by atoms with Gasteiger partial charge in [-0.2, -0.15) is 0 Å². The highest BCUT2D eigenvalue weighted by Gasteiger charge is 2.10. The summed E-state index contributed by atoms with van der Waals surface area (Å²) in [6.07, 6.45) is 1.21. The Hall–Kier alpha value is -0.680. The zero-order valence-corrected chi connectivity index (χ0v) is 10.5. The predicted molar refractivity (Wildman–Crippen MR) is 64.7 cm³/mol. The fraction of sp³-hybridized carbons (Fsp3) is 0.800. The van der Waals surface area contributed by atoms with E-state index in [1.165, 1.54) is 7.11 Å². The van der Waals surface area contributed by atoms with Crippen LogP contribution < -0.4 is 5.73 Å². The van der Waals surface area contributed by atoms with Crippen molar-refractivity contribution in [2.24, 2.45) is 5.73 Å². The summed E-state index contributed by atoms with van der Waals surface area (Å²) in [5.74, 6) is -0.172. The van der Waals surface area contributed by atoms with Crippen LogP contribution in [0.2, 0.25) is 0 Å². The SMILES string of the molecule is COC(=O)CCCN(CC(N)=S)C(C)C. The number of carbonyl (C=O) groups is 1. The lowest BCUT2D eigenvalue weighted by molar-refractivity contribution is -0.140. The van der Waals surface area contributed by atoms with Gasteiger partial charge in [0.05, 0.1) is 12.1 Å². The third-order valence-corrected chi connectivity index (χ3v) is 2.27. The molecule has 0 saturated carbocycles. The molecular formula is C10H20N2O2S. The minimum absolute atomic E-state index is 0.172. The van der Waals surface area contributed by atoms with Crippen molar-refractivity contribution in [1.29, 1.82) is 0 Å². The van der Waals surface area contributed by atoms with E-state index in [2.05, 4.69) is 23.5 Å². The molecule has 0 bridgehead atoms. The molecular weight excluding hydrogens is 212 g/mol. The first-order valence-corrected chi connectivity index (χ1v) is 5.47. The van der Waals surface area contributed by atoms with Gasteiger partial charge >= 0.3 is 5.97 Å². The molecule has 0 atom stereocenters. The second kappa shape index (κ2) is 7.59. The average molecular weight is 232 g/mol. The maximum absolute atomic E-state index is 10.9. The van der Waals surface area contributed by atoms with Gasteiger partial charge in [-0.05, 0) is 26.8 Å². The van der Waals surface area contributed by atoms with Crippen LogP contribution in [0, 0.1) is 0 Å². The molecule has 0 unspecified atom stereocenters. The lowest BCUT2D eigenvalue weighted by Crippen LogP contribution is -2.38. The van der Waals surface area contributed by atoms with Gasteiger partial charge < -0.3 is 10.5 Å². The van der Waals surface area contributed by atoms with Crippen LogP contribution in [0.5, 0.6) is 0 Å². The summed E-state index contributed by atoms with van der Waals surface area (Å²) in [5, 5.41) is 0. The summed E-state index contributed by atoms with van der Waals surface area (Å²) in [6.45, 7) is 5.57. The molecule has 0 aromatic heterocycles. The lowest BCUT2D eigenvalue weighted by Gasteiger charge is -2.25. The number of carbonyl (C=O) groups excluding carboxylic acids is 1. The van der Waals surface area contributed by atoms with E-state index in [1.807, 2.05) is 0 Å². The minimum atomic E-state index is -0.172. The van der Waals surface area contributed by atoms with Crippen LogP contribution >= 0.6 is 12.2 Å². The molecule has 0 spiro atoms. The van der Waals surface area contributed by atoms with E-state index >= 15 is 0 Å². The standard InChI is InChI=1S/C10H20N2O2S/c1-8(2)12(7-9(11)15)6-4-5-10(13)14-3/h8H,4-7H2,1-3H3,(H2,11,15). The molecule has 0 aliphatic heterocycles. The average Bonchev–Trinajstić information content (AvgIpc) is 2.15. The highest BCUT2D eigenvalue weighted by atomic mass is 32.1. The summed E-state index contributed by atoms with van der Waals surface area (Å²) in [5.41, 5.74) is 5.49. The van der Waals surface area contributed by atoms with Gasteiger partial charge in [-0.1, -0.05) is 12.2 Å². The quantitative estimate of drug-likeness (QED) is 0.523. The van der Waals surface area contributed by atoms with E-state index in [9.17, 15) is 4.79 Å². The van der Waals surface area contributed by atoms with Gasteiger partial charge in [0.1, 0.15) is 0 Å². The fourth-order valence-corrected chi connectivity index (χ4v) is 1.41. The van der Waals surface area contributed by atoms with Crippen LogP contribution in [-0.2, 0) is 9.53 Å². The number of methoxy groups -OCH3 is 1. The summed E-state index contributed by atoms with van der Waals surface area (Å²) in [6, 6.07) is 0.379. The Labute approximate surface area is 96.8 Å². The molecule has 0 aliphatic carbocycles. The third kappa shape index (κ3) is 7.27. The smallest absolute Gasteiger partial charge is 0.305 e. The largest absolute Gasteiger partial charge is 0.469 e. The number of nitrogens with zero attached hydrogens (tertiary/aromatic N) is 1. The Balaban J connectivity index is 3.86. The first-order chi connectivity index (χ1) is 6.97. The van der Waals surface area contributed by atoms with Crippen LogP contribution in [-0.4, -0.2) is 42.1 Å². The number of rotatable bonds is 7. The molecule has 5 heteroatoms. The van der Waals surface area contributed by atoms with Crippen molar-refractivity contribution in [3.8, 4) is 0 Å². The number of hydrogen-bond acceptors (Lipinski definition) is 4. The Kier molecular flexibility index (Phi) is 7.25. The van der Waals surface area contributed by atoms with Crippen LogP contribution in [0.1, 0.15) is 26.7 Å². The number of ether oxygens (including phenoxy) is 1. The normalized spacial score (nSPS) is 10.7. The van der Waals surface area contributed by atoms with E-state index < -0.39 is 0 Å². The number of thiocarbonyl (C=S) groups is 1. The molecule has 0 aromatic rings. The predicted octanol–water partition coefficient (Wildman–Crippen LogP) is 0.936. The third-order valence-electron chi connectivity index (χ3n) is 2.14. The van der Waals surface area contributed by atoms with Crippen molar-refractivity contribution >= 4 is 23.2 Å². The fourth-order valence-electron chi connectivity index (χ4n) is 1.25. The van der Waals surface area contributed by atoms with E-state index in [-0.39, 0.29) is 5.97 Å². The van der Waals surface area contributed by atoms with Crippen molar-refractivity contribution in [2.45, 2.75) is 32.7 Å². The van der Waals surface area contributed by atoms with Gasteiger partial charge in [-0.15, -0.1) is 0 Å².